The molecular formula is C21H19FO4. The summed E-state index contributed by atoms with van der Waals surface area (Å²) in [6.07, 6.45) is 6.18. The number of benzene rings is 2. The van der Waals surface area contributed by atoms with Crippen molar-refractivity contribution in [1.82, 2.24) is 0 Å². The molecule has 26 heavy (non-hydrogen) atoms. The fourth-order valence-corrected chi connectivity index (χ4v) is 2.74. The summed E-state index contributed by atoms with van der Waals surface area (Å²) in [5.41, 5.74) is 0.252. The number of hydrogen-bond acceptors (Lipinski definition) is 4. The van der Waals surface area contributed by atoms with Crippen molar-refractivity contribution in [2.24, 2.45) is 0 Å². The van der Waals surface area contributed by atoms with Gasteiger partial charge in [0.1, 0.15) is 34.2 Å². The lowest BCUT2D eigenvalue weighted by molar-refractivity contribution is 0.103. The Morgan fingerprint density at radius 3 is 2.73 bits per heavy atom. The van der Waals surface area contributed by atoms with Gasteiger partial charge in [-0.25, -0.2) is 4.39 Å². The lowest BCUT2D eigenvalue weighted by Crippen LogP contribution is -2.28. The van der Waals surface area contributed by atoms with Crippen LogP contribution in [0.25, 0.3) is 12.2 Å². The number of rotatable bonds is 4. The molecule has 4 nitrogen and oxygen atoms in total. The summed E-state index contributed by atoms with van der Waals surface area (Å²) in [7, 11) is 1.41. The molecule has 0 fully saturated rings. The number of methoxy groups -OCH3 is 1. The highest BCUT2D eigenvalue weighted by molar-refractivity contribution is 6.11. The van der Waals surface area contributed by atoms with E-state index < -0.39 is 17.2 Å². The monoisotopic (exact) mass is 354 g/mol. The molecular weight excluding hydrogens is 335 g/mol. The molecule has 5 heteroatoms. The van der Waals surface area contributed by atoms with Crippen LogP contribution in [0.15, 0.2) is 42.5 Å². The maximum atomic E-state index is 13.8. The largest absolute Gasteiger partial charge is 0.507 e. The number of allylic oxidation sites excluding steroid dienone is 1. The molecule has 0 radical (unpaired) electrons. The van der Waals surface area contributed by atoms with Crippen molar-refractivity contribution in [3.8, 4) is 17.2 Å². The number of aromatic hydroxyl groups is 1. The first-order valence-corrected chi connectivity index (χ1v) is 8.11. The van der Waals surface area contributed by atoms with Crippen LogP contribution in [0.2, 0.25) is 0 Å². The highest BCUT2D eigenvalue weighted by Crippen LogP contribution is 2.44. The highest BCUT2D eigenvalue weighted by atomic mass is 19.1. The number of hydrogen-bond donors (Lipinski definition) is 1. The van der Waals surface area contributed by atoms with E-state index in [1.165, 1.54) is 31.4 Å². The van der Waals surface area contributed by atoms with Gasteiger partial charge in [-0.3, -0.25) is 4.79 Å². The van der Waals surface area contributed by atoms with Gasteiger partial charge < -0.3 is 14.6 Å². The molecule has 2 aromatic carbocycles. The average Bonchev–Trinajstić information content (AvgIpc) is 2.59. The van der Waals surface area contributed by atoms with Gasteiger partial charge in [-0.15, -0.1) is 0 Å². The second-order valence-corrected chi connectivity index (χ2v) is 6.47. The summed E-state index contributed by atoms with van der Waals surface area (Å²) in [6.45, 7) is 3.68. The van der Waals surface area contributed by atoms with Crippen molar-refractivity contribution in [3.63, 3.8) is 0 Å². The molecule has 0 spiro atoms. The second-order valence-electron chi connectivity index (χ2n) is 6.47. The molecule has 2 aromatic rings. The standard InChI is InChI=1S/C21H19FO4/c1-21(2)11-10-14-17(24)12-18(25-3)19(20(14)26-21)16(23)9-8-13-6-4-5-7-15(13)22/h4-12,24H,1-3H3/b9-8+. The van der Waals surface area contributed by atoms with E-state index in [0.717, 1.165) is 0 Å². The number of ether oxygens (including phenoxy) is 2. The molecule has 0 aromatic heterocycles. The van der Waals surface area contributed by atoms with E-state index in [9.17, 15) is 14.3 Å². The van der Waals surface area contributed by atoms with Crippen molar-refractivity contribution in [3.05, 3.63) is 65.0 Å². The zero-order valence-electron chi connectivity index (χ0n) is 14.7. The second kappa shape index (κ2) is 6.67. The Morgan fingerprint density at radius 2 is 2.04 bits per heavy atom. The van der Waals surface area contributed by atoms with Crippen molar-refractivity contribution in [1.29, 1.82) is 0 Å². The van der Waals surface area contributed by atoms with E-state index in [4.69, 9.17) is 9.47 Å². The Balaban J connectivity index is 2.08. The first-order valence-electron chi connectivity index (χ1n) is 8.11. The van der Waals surface area contributed by atoms with Crippen molar-refractivity contribution in [2.45, 2.75) is 19.4 Å². The molecule has 1 heterocycles. The zero-order chi connectivity index (χ0) is 18.9. The SMILES string of the molecule is COc1cc(O)c2c(c1C(=O)/C=C/c1ccccc1F)OC(C)(C)C=C2. The smallest absolute Gasteiger partial charge is 0.193 e. The topological polar surface area (TPSA) is 55.8 Å². The molecule has 1 aliphatic rings. The Bertz CT molecular complexity index is 926. The number of halogens is 1. The summed E-state index contributed by atoms with van der Waals surface area (Å²) in [4.78, 5) is 12.8. The van der Waals surface area contributed by atoms with Crippen LogP contribution in [0.5, 0.6) is 17.2 Å². The van der Waals surface area contributed by atoms with Crippen LogP contribution in [0.1, 0.15) is 35.3 Å². The first-order chi connectivity index (χ1) is 12.3. The van der Waals surface area contributed by atoms with Crippen LogP contribution in [0, 0.1) is 5.82 Å². The molecule has 134 valence electrons. The molecule has 0 unspecified atom stereocenters. The molecule has 3 rings (SSSR count). The quantitative estimate of drug-likeness (QED) is 0.643. The van der Waals surface area contributed by atoms with Crippen molar-refractivity contribution >= 4 is 17.9 Å². The van der Waals surface area contributed by atoms with E-state index in [0.29, 0.717) is 11.1 Å². The molecule has 0 amide bonds. The minimum atomic E-state index is -0.643. The molecule has 0 aliphatic carbocycles. The maximum absolute atomic E-state index is 13.8. The minimum absolute atomic E-state index is 0.0433. The van der Waals surface area contributed by atoms with Gasteiger partial charge in [-0.1, -0.05) is 18.2 Å². The third-order valence-corrected chi connectivity index (χ3v) is 4.06. The maximum Gasteiger partial charge on any atom is 0.193 e. The first kappa shape index (κ1) is 17.7. The summed E-state index contributed by atoms with van der Waals surface area (Å²) in [6, 6.07) is 7.53. The van der Waals surface area contributed by atoms with E-state index in [-0.39, 0.29) is 22.8 Å². The number of phenolic OH excluding ortho intramolecular Hbond substituents is 1. The van der Waals surface area contributed by atoms with Gasteiger partial charge in [0.25, 0.3) is 0 Å². The summed E-state index contributed by atoms with van der Waals surface area (Å²) < 4.78 is 24.9. The number of carbonyl (C=O) groups excluding carboxylic acids is 1. The van der Waals surface area contributed by atoms with Gasteiger partial charge in [-0.05, 0) is 44.2 Å². The van der Waals surface area contributed by atoms with E-state index in [1.807, 2.05) is 13.8 Å². The fraction of sp³-hybridized carbons (Fsp3) is 0.190. The third kappa shape index (κ3) is 3.33. The van der Waals surface area contributed by atoms with Crippen molar-refractivity contribution < 1.29 is 23.8 Å². The normalized spacial score (nSPS) is 14.8. The predicted octanol–water partition coefficient (Wildman–Crippen LogP) is 4.62. The van der Waals surface area contributed by atoms with Crippen LogP contribution >= 0.6 is 0 Å². The Hall–Kier alpha value is -3.08. The minimum Gasteiger partial charge on any atom is -0.507 e. The van der Waals surface area contributed by atoms with Crippen LogP contribution in [-0.4, -0.2) is 23.6 Å². The van der Waals surface area contributed by atoms with E-state index >= 15 is 0 Å². The van der Waals surface area contributed by atoms with Crippen LogP contribution in [-0.2, 0) is 0 Å². The van der Waals surface area contributed by atoms with Gasteiger partial charge in [0.05, 0.1) is 12.7 Å². The van der Waals surface area contributed by atoms with Gasteiger partial charge in [-0.2, -0.15) is 0 Å². The summed E-state index contributed by atoms with van der Waals surface area (Å²) in [5, 5.41) is 10.2. The highest BCUT2D eigenvalue weighted by Gasteiger charge is 2.30. The summed E-state index contributed by atoms with van der Waals surface area (Å²) in [5.74, 6) is -0.435. The Kier molecular flexibility index (Phi) is 4.55. The number of fused-ring (bicyclic) bond motifs is 1. The van der Waals surface area contributed by atoms with Gasteiger partial charge in [0.2, 0.25) is 0 Å². The lowest BCUT2D eigenvalue weighted by Gasteiger charge is -2.30. The summed E-state index contributed by atoms with van der Waals surface area (Å²) >= 11 is 0. The van der Waals surface area contributed by atoms with Crippen molar-refractivity contribution in [2.75, 3.05) is 7.11 Å². The van der Waals surface area contributed by atoms with Crippen LogP contribution < -0.4 is 9.47 Å². The van der Waals surface area contributed by atoms with Gasteiger partial charge >= 0.3 is 0 Å². The number of phenols is 1. The molecule has 1 N–H and O–H groups in total. The fourth-order valence-electron chi connectivity index (χ4n) is 2.74. The average molecular weight is 354 g/mol. The van der Waals surface area contributed by atoms with Crippen LogP contribution in [0.4, 0.5) is 4.39 Å². The predicted molar refractivity (Wildman–Crippen MR) is 98.2 cm³/mol. The zero-order valence-corrected chi connectivity index (χ0v) is 14.7. The lowest BCUT2D eigenvalue weighted by atomic mass is 9.96. The molecule has 0 bridgehead atoms. The molecule has 0 atom stereocenters. The van der Waals surface area contributed by atoms with E-state index in [1.54, 1.807) is 30.4 Å². The van der Waals surface area contributed by atoms with Crippen LogP contribution in [0.3, 0.4) is 0 Å². The number of ketones is 1. The van der Waals surface area contributed by atoms with Gasteiger partial charge in [0.15, 0.2) is 5.78 Å². The third-order valence-electron chi connectivity index (χ3n) is 4.06. The Labute approximate surface area is 151 Å². The number of carbonyl (C=O) groups is 1. The molecule has 0 saturated heterocycles. The molecule has 1 aliphatic heterocycles. The van der Waals surface area contributed by atoms with E-state index in [2.05, 4.69) is 0 Å². The van der Waals surface area contributed by atoms with Gasteiger partial charge in [0, 0.05) is 11.6 Å². The Morgan fingerprint density at radius 1 is 1.31 bits per heavy atom. The molecule has 0 saturated carbocycles.